The maximum atomic E-state index is 5.00. The Kier molecular flexibility index (Phi) is 7.40. The maximum Gasteiger partial charge on any atom is 0.0587 e. The van der Waals surface area contributed by atoms with Crippen LogP contribution in [-0.4, -0.2) is 25.5 Å². The summed E-state index contributed by atoms with van der Waals surface area (Å²) in [4.78, 5) is 1.36. The summed E-state index contributed by atoms with van der Waals surface area (Å²) < 4.78 is 5.00. The smallest absolute Gasteiger partial charge is 0.0587 e. The molecule has 0 heterocycles. The van der Waals surface area contributed by atoms with E-state index in [0.29, 0.717) is 11.2 Å². The summed E-state index contributed by atoms with van der Waals surface area (Å²) in [5.41, 5.74) is 1.33. The monoisotopic (exact) mass is 267 g/mol. The van der Waals surface area contributed by atoms with Crippen molar-refractivity contribution in [3.8, 4) is 0 Å². The number of nitrogens with one attached hydrogen (secondary N) is 1. The van der Waals surface area contributed by atoms with E-state index < -0.39 is 0 Å². The van der Waals surface area contributed by atoms with E-state index in [-0.39, 0.29) is 0 Å². The fraction of sp³-hybridized carbons (Fsp3) is 0.600. The third-order valence-electron chi connectivity index (χ3n) is 3.00. The number of ether oxygens (including phenoxy) is 1. The van der Waals surface area contributed by atoms with Gasteiger partial charge in [-0.2, -0.15) is 0 Å². The predicted molar refractivity (Wildman–Crippen MR) is 80.2 cm³/mol. The molecule has 1 N–H and O–H groups in total. The zero-order valence-corrected chi connectivity index (χ0v) is 12.7. The second-order valence-electron chi connectivity index (χ2n) is 4.88. The molecule has 0 amide bonds. The summed E-state index contributed by atoms with van der Waals surface area (Å²) in [5, 5.41) is 4.01. The molecule has 0 aliphatic heterocycles. The van der Waals surface area contributed by atoms with Crippen molar-refractivity contribution in [3.05, 3.63) is 29.8 Å². The Labute approximate surface area is 116 Å². The summed E-state index contributed by atoms with van der Waals surface area (Å²) in [6, 6.07) is 8.85. The molecule has 0 aromatic heterocycles. The first kappa shape index (κ1) is 15.5. The van der Waals surface area contributed by atoms with Gasteiger partial charge < -0.3 is 10.1 Å². The van der Waals surface area contributed by atoms with Crippen LogP contribution in [0, 0.1) is 5.92 Å². The highest BCUT2D eigenvalue weighted by atomic mass is 32.2. The lowest BCUT2D eigenvalue weighted by Crippen LogP contribution is -2.18. The molecule has 0 saturated heterocycles. The van der Waals surface area contributed by atoms with Gasteiger partial charge in [-0.3, -0.25) is 0 Å². The van der Waals surface area contributed by atoms with Crippen LogP contribution in [0.5, 0.6) is 0 Å². The molecule has 1 rings (SSSR count). The van der Waals surface area contributed by atoms with Crippen molar-refractivity contribution in [3.63, 3.8) is 0 Å². The quantitative estimate of drug-likeness (QED) is 0.575. The SMILES string of the molecule is COCCNCc1ccc(SC(C)C(C)C)cc1. The Hall–Kier alpha value is -0.510. The van der Waals surface area contributed by atoms with E-state index in [9.17, 15) is 0 Å². The number of hydrogen-bond donors (Lipinski definition) is 1. The molecule has 0 aliphatic carbocycles. The van der Waals surface area contributed by atoms with Crippen LogP contribution in [0.4, 0.5) is 0 Å². The number of rotatable bonds is 8. The summed E-state index contributed by atoms with van der Waals surface area (Å²) in [6.45, 7) is 9.40. The molecule has 1 atom stereocenters. The highest BCUT2D eigenvalue weighted by Gasteiger charge is 2.08. The van der Waals surface area contributed by atoms with E-state index in [0.717, 1.165) is 19.7 Å². The van der Waals surface area contributed by atoms with Gasteiger partial charge in [0.2, 0.25) is 0 Å². The Morgan fingerprint density at radius 3 is 2.39 bits per heavy atom. The van der Waals surface area contributed by atoms with Crippen molar-refractivity contribution in [2.45, 2.75) is 37.5 Å². The van der Waals surface area contributed by atoms with Crippen LogP contribution in [0.15, 0.2) is 29.2 Å². The first-order chi connectivity index (χ1) is 8.63. The lowest BCUT2D eigenvalue weighted by molar-refractivity contribution is 0.199. The zero-order valence-electron chi connectivity index (χ0n) is 11.9. The van der Waals surface area contributed by atoms with Crippen LogP contribution in [0.2, 0.25) is 0 Å². The highest BCUT2D eigenvalue weighted by molar-refractivity contribution is 8.00. The van der Waals surface area contributed by atoms with Crippen molar-refractivity contribution in [2.75, 3.05) is 20.3 Å². The van der Waals surface area contributed by atoms with E-state index in [2.05, 4.69) is 50.4 Å². The molecule has 1 aromatic rings. The molecule has 3 heteroatoms. The molecular formula is C15H25NOS. The van der Waals surface area contributed by atoms with Crippen molar-refractivity contribution in [1.29, 1.82) is 0 Å². The molecule has 0 bridgehead atoms. The average Bonchev–Trinajstić information content (AvgIpc) is 2.36. The van der Waals surface area contributed by atoms with E-state index in [1.807, 2.05) is 11.8 Å². The second-order valence-corrected chi connectivity index (χ2v) is 6.33. The number of hydrogen-bond acceptors (Lipinski definition) is 3. The topological polar surface area (TPSA) is 21.3 Å². The molecule has 0 spiro atoms. The van der Waals surface area contributed by atoms with E-state index >= 15 is 0 Å². The normalized spacial score (nSPS) is 12.9. The molecule has 0 saturated carbocycles. The van der Waals surface area contributed by atoms with Crippen molar-refractivity contribution < 1.29 is 4.74 Å². The lowest BCUT2D eigenvalue weighted by Gasteiger charge is -2.15. The fourth-order valence-corrected chi connectivity index (χ4v) is 2.44. The Balaban J connectivity index is 2.37. The van der Waals surface area contributed by atoms with Gasteiger partial charge in [-0.1, -0.05) is 32.9 Å². The summed E-state index contributed by atoms with van der Waals surface area (Å²) >= 11 is 1.95. The Morgan fingerprint density at radius 1 is 1.17 bits per heavy atom. The second kappa shape index (κ2) is 8.57. The van der Waals surface area contributed by atoms with Gasteiger partial charge in [0.05, 0.1) is 6.61 Å². The first-order valence-corrected chi connectivity index (χ1v) is 7.46. The van der Waals surface area contributed by atoms with E-state index in [1.54, 1.807) is 7.11 Å². The largest absolute Gasteiger partial charge is 0.383 e. The third kappa shape index (κ3) is 5.89. The van der Waals surface area contributed by atoms with Gasteiger partial charge in [-0.25, -0.2) is 0 Å². The van der Waals surface area contributed by atoms with Crippen molar-refractivity contribution in [2.24, 2.45) is 5.92 Å². The Bertz CT molecular complexity index is 324. The maximum absolute atomic E-state index is 5.00. The summed E-state index contributed by atoms with van der Waals surface area (Å²) in [7, 11) is 1.73. The minimum Gasteiger partial charge on any atom is -0.383 e. The van der Waals surface area contributed by atoms with E-state index in [4.69, 9.17) is 4.74 Å². The van der Waals surface area contributed by atoms with Gasteiger partial charge in [0, 0.05) is 30.3 Å². The van der Waals surface area contributed by atoms with Gasteiger partial charge in [0.25, 0.3) is 0 Å². The fourth-order valence-electron chi connectivity index (χ4n) is 1.44. The van der Waals surface area contributed by atoms with Crippen molar-refractivity contribution >= 4 is 11.8 Å². The summed E-state index contributed by atoms with van der Waals surface area (Å²) in [5.74, 6) is 0.713. The zero-order chi connectivity index (χ0) is 13.4. The van der Waals surface area contributed by atoms with Crippen LogP contribution < -0.4 is 5.32 Å². The molecule has 0 aliphatic rings. The van der Waals surface area contributed by atoms with Crippen LogP contribution >= 0.6 is 11.8 Å². The minimum atomic E-state index is 0.663. The predicted octanol–water partition coefficient (Wildman–Crippen LogP) is 3.56. The van der Waals surface area contributed by atoms with Crippen LogP contribution in [0.3, 0.4) is 0 Å². The molecule has 0 radical (unpaired) electrons. The molecule has 0 fully saturated rings. The van der Waals surface area contributed by atoms with Crippen LogP contribution in [0.1, 0.15) is 26.3 Å². The van der Waals surface area contributed by atoms with Gasteiger partial charge in [0.1, 0.15) is 0 Å². The van der Waals surface area contributed by atoms with Crippen LogP contribution in [-0.2, 0) is 11.3 Å². The molecule has 1 aromatic carbocycles. The summed E-state index contributed by atoms with van der Waals surface area (Å²) in [6.07, 6.45) is 0. The van der Waals surface area contributed by atoms with Crippen molar-refractivity contribution in [1.82, 2.24) is 5.32 Å². The standard InChI is InChI=1S/C15H25NOS/c1-12(2)13(3)18-15-7-5-14(6-8-15)11-16-9-10-17-4/h5-8,12-13,16H,9-11H2,1-4H3. The number of benzene rings is 1. The minimum absolute atomic E-state index is 0.663. The molecular weight excluding hydrogens is 242 g/mol. The lowest BCUT2D eigenvalue weighted by atomic mass is 10.2. The Morgan fingerprint density at radius 2 is 1.83 bits per heavy atom. The van der Waals surface area contributed by atoms with Gasteiger partial charge in [0.15, 0.2) is 0 Å². The molecule has 18 heavy (non-hydrogen) atoms. The number of thioether (sulfide) groups is 1. The van der Waals surface area contributed by atoms with Gasteiger partial charge >= 0.3 is 0 Å². The first-order valence-electron chi connectivity index (χ1n) is 6.58. The van der Waals surface area contributed by atoms with Gasteiger partial charge in [-0.05, 0) is 23.6 Å². The van der Waals surface area contributed by atoms with Crippen LogP contribution in [0.25, 0.3) is 0 Å². The van der Waals surface area contributed by atoms with E-state index in [1.165, 1.54) is 10.5 Å². The highest BCUT2D eigenvalue weighted by Crippen LogP contribution is 2.27. The van der Waals surface area contributed by atoms with Gasteiger partial charge in [-0.15, -0.1) is 11.8 Å². The molecule has 102 valence electrons. The number of methoxy groups -OCH3 is 1. The average molecular weight is 267 g/mol. The molecule has 2 nitrogen and oxygen atoms in total. The molecule has 1 unspecified atom stereocenters. The third-order valence-corrected chi connectivity index (χ3v) is 4.46.